The summed E-state index contributed by atoms with van der Waals surface area (Å²) in [7, 11) is 2.28. The van der Waals surface area contributed by atoms with Crippen LogP contribution in [0.1, 0.15) is 46.0 Å². The Kier molecular flexibility index (Phi) is 5.49. The summed E-state index contributed by atoms with van der Waals surface area (Å²) in [6, 6.07) is 1.52. The van der Waals surface area contributed by atoms with Crippen molar-refractivity contribution in [3.8, 4) is 0 Å². The smallest absolute Gasteiger partial charge is 0.0246 e. The van der Waals surface area contributed by atoms with Gasteiger partial charge in [-0.1, -0.05) is 26.7 Å². The van der Waals surface area contributed by atoms with Gasteiger partial charge in [-0.15, -0.1) is 0 Å². The third-order valence-corrected chi connectivity index (χ3v) is 3.34. The first-order chi connectivity index (χ1) is 6.79. The highest BCUT2D eigenvalue weighted by molar-refractivity contribution is 4.86. The lowest BCUT2D eigenvalue weighted by Crippen LogP contribution is -2.50. The maximum Gasteiger partial charge on any atom is 0.0246 e. The molecule has 14 heavy (non-hydrogen) atoms. The van der Waals surface area contributed by atoms with Crippen molar-refractivity contribution in [2.45, 2.75) is 58.0 Å². The Hall–Kier alpha value is -0.0800. The summed E-state index contributed by atoms with van der Waals surface area (Å²) < 4.78 is 0. The van der Waals surface area contributed by atoms with Crippen molar-refractivity contribution in [2.24, 2.45) is 0 Å². The molecule has 1 aliphatic carbocycles. The zero-order chi connectivity index (χ0) is 10.4. The molecule has 0 aromatic rings. The molecule has 1 rings (SSSR count). The molecular weight excluding hydrogens is 172 g/mol. The first-order valence-electron chi connectivity index (χ1n) is 6.23. The second-order valence-electron chi connectivity index (χ2n) is 4.50. The molecule has 0 amide bonds. The van der Waals surface area contributed by atoms with E-state index < -0.39 is 0 Å². The van der Waals surface area contributed by atoms with Crippen LogP contribution >= 0.6 is 0 Å². The largest absolute Gasteiger partial charge is 0.313 e. The molecule has 0 spiro atoms. The fourth-order valence-electron chi connectivity index (χ4n) is 2.66. The normalized spacial score (nSPS) is 28.3. The Balaban J connectivity index is 2.44. The van der Waals surface area contributed by atoms with Crippen LogP contribution < -0.4 is 5.32 Å². The molecular formula is C12H26N2. The van der Waals surface area contributed by atoms with E-state index in [1.807, 2.05) is 0 Å². The lowest BCUT2D eigenvalue weighted by Gasteiger charge is -2.38. The SMILES string of the molecule is CCCN(C)C1CCCCC1NCC. The molecule has 0 aromatic heterocycles. The number of nitrogens with one attached hydrogen (secondary N) is 1. The quantitative estimate of drug-likeness (QED) is 0.729. The maximum atomic E-state index is 3.63. The van der Waals surface area contributed by atoms with E-state index >= 15 is 0 Å². The average Bonchev–Trinajstić information content (AvgIpc) is 2.19. The summed E-state index contributed by atoms with van der Waals surface area (Å²) in [5.41, 5.74) is 0. The molecule has 0 aliphatic heterocycles. The van der Waals surface area contributed by atoms with Crippen molar-refractivity contribution in [1.82, 2.24) is 10.2 Å². The Bertz CT molecular complexity index is 145. The van der Waals surface area contributed by atoms with Crippen LogP contribution in [-0.4, -0.2) is 37.1 Å². The Morgan fingerprint density at radius 3 is 2.57 bits per heavy atom. The van der Waals surface area contributed by atoms with E-state index in [-0.39, 0.29) is 0 Å². The Morgan fingerprint density at radius 2 is 1.93 bits per heavy atom. The van der Waals surface area contributed by atoms with Gasteiger partial charge in [0.1, 0.15) is 0 Å². The number of nitrogens with zero attached hydrogens (tertiary/aromatic N) is 1. The van der Waals surface area contributed by atoms with Gasteiger partial charge in [0.15, 0.2) is 0 Å². The highest BCUT2D eigenvalue weighted by Crippen LogP contribution is 2.22. The molecule has 0 saturated heterocycles. The average molecular weight is 198 g/mol. The van der Waals surface area contributed by atoms with E-state index in [1.165, 1.54) is 38.6 Å². The van der Waals surface area contributed by atoms with Gasteiger partial charge in [-0.25, -0.2) is 0 Å². The molecule has 2 nitrogen and oxygen atoms in total. The molecule has 1 saturated carbocycles. The highest BCUT2D eigenvalue weighted by Gasteiger charge is 2.26. The minimum atomic E-state index is 0.741. The summed E-state index contributed by atoms with van der Waals surface area (Å²) in [5, 5.41) is 3.63. The van der Waals surface area contributed by atoms with Crippen LogP contribution in [0.4, 0.5) is 0 Å². The van der Waals surface area contributed by atoms with Gasteiger partial charge in [-0.3, -0.25) is 0 Å². The van der Waals surface area contributed by atoms with Gasteiger partial charge in [-0.2, -0.15) is 0 Å². The first kappa shape index (κ1) is 12.0. The molecule has 1 fully saturated rings. The fraction of sp³-hybridized carbons (Fsp3) is 1.00. The van der Waals surface area contributed by atoms with Crippen molar-refractivity contribution >= 4 is 0 Å². The highest BCUT2D eigenvalue weighted by atomic mass is 15.2. The van der Waals surface area contributed by atoms with Crippen LogP contribution in [0, 0.1) is 0 Å². The predicted octanol–water partition coefficient (Wildman–Crippen LogP) is 2.25. The molecule has 0 radical (unpaired) electrons. The van der Waals surface area contributed by atoms with E-state index in [4.69, 9.17) is 0 Å². The molecule has 0 aromatic carbocycles. The van der Waals surface area contributed by atoms with Crippen LogP contribution in [0.25, 0.3) is 0 Å². The molecule has 2 unspecified atom stereocenters. The third-order valence-electron chi connectivity index (χ3n) is 3.34. The van der Waals surface area contributed by atoms with E-state index in [0.717, 1.165) is 18.6 Å². The molecule has 2 heteroatoms. The number of likely N-dealkylation sites (N-methyl/N-ethyl adjacent to an activating group) is 2. The summed E-state index contributed by atoms with van der Waals surface area (Å²) in [4.78, 5) is 2.55. The summed E-state index contributed by atoms with van der Waals surface area (Å²) in [6.45, 7) is 6.83. The molecule has 1 aliphatic rings. The van der Waals surface area contributed by atoms with Gasteiger partial charge in [0.25, 0.3) is 0 Å². The van der Waals surface area contributed by atoms with Crippen molar-refractivity contribution in [3.63, 3.8) is 0 Å². The van der Waals surface area contributed by atoms with Gasteiger partial charge in [0.05, 0.1) is 0 Å². The van der Waals surface area contributed by atoms with E-state index in [9.17, 15) is 0 Å². The predicted molar refractivity (Wildman–Crippen MR) is 62.6 cm³/mol. The van der Waals surface area contributed by atoms with Gasteiger partial charge in [0.2, 0.25) is 0 Å². The van der Waals surface area contributed by atoms with Gasteiger partial charge < -0.3 is 10.2 Å². The van der Waals surface area contributed by atoms with Crippen LogP contribution in [0.2, 0.25) is 0 Å². The summed E-state index contributed by atoms with van der Waals surface area (Å²) in [6.07, 6.45) is 6.85. The van der Waals surface area contributed by atoms with E-state index in [2.05, 4.69) is 31.1 Å². The van der Waals surface area contributed by atoms with Gasteiger partial charge in [-0.05, 0) is 39.4 Å². The maximum absolute atomic E-state index is 3.63. The van der Waals surface area contributed by atoms with Gasteiger partial charge >= 0.3 is 0 Å². The zero-order valence-corrected chi connectivity index (χ0v) is 10.1. The van der Waals surface area contributed by atoms with E-state index in [0.29, 0.717) is 0 Å². The van der Waals surface area contributed by atoms with Gasteiger partial charge in [0, 0.05) is 12.1 Å². The first-order valence-corrected chi connectivity index (χ1v) is 6.23. The standard InChI is InChI=1S/C12H26N2/c1-4-10-14(3)12-9-7-6-8-11(12)13-5-2/h11-13H,4-10H2,1-3H3. The Morgan fingerprint density at radius 1 is 1.21 bits per heavy atom. The summed E-state index contributed by atoms with van der Waals surface area (Å²) in [5.74, 6) is 0. The fourth-order valence-corrected chi connectivity index (χ4v) is 2.66. The molecule has 0 bridgehead atoms. The summed E-state index contributed by atoms with van der Waals surface area (Å²) >= 11 is 0. The minimum Gasteiger partial charge on any atom is -0.313 e. The lowest BCUT2D eigenvalue weighted by molar-refractivity contribution is 0.151. The van der Waals surface area contributed by atoms with Crippen molar-refractivity contribution in [1.29, 1.82) is 0 Å². The second-order valence-corrected chi connectivity index (χ2v) is 4.50. The zero-order valence-electron chi connectivity index (χ0n) is 10.1. The number of hydrogen-bond donors (Lipinski definition) is 1. The monoisotopic (exact) mass is 198 g/mol. The van der Waals surface area contributed by atoms with Crippen molar-refractivity contribution in [3.05, 3.63) is 0 Å². The minimum absolute atomic E-state index is 0.741. The topological polar surface area (TPSA) is 15.3 Å². The lowest BCUT2D eigenvalue weighted by atomic mass is 9.89. The van der Waals surface area contributed by atoms with Crippen molar-refractivity contribution in [2.75, 3.05) is 20.1 Å². The van der Waals surface area contributed by atoms with Crippen LogP contribution in [0.3, 0.4) is 0 Å². The molecule has 2 atom stereocenters. The van der Waals surface area contributed by atoms with E-state index in [1.54, 1.807) is 0 Å². The molecule has 1 N–H and O–H groups in total. The van der Waals surface area contributed by atoms with Crippen LogP contribution in [0.5, 0.6) is 0 Å². The Labute approximate surface area is 89.1 Å². The third kappa shape index (κ3) is 3.25. The number of rotatable bonds is 5. The second kappa shape index (κ2) is 6.41. The molecule has 0 heterocycles. The van der Waals surface area contributed by atoms with Crippen molar-refractivity contribution < 1.29 is 0 Å². The number of hydrogen-bond acceptors (Lipinski definition) is 2. The van der Waals surface area contributed by atoms with Crippen LogP contribution in [0.15, 0.2) is 0 Å². The molecule has 84 valence electrons. The van der Waals surface area contributed by atoms with Crippen LogP contribution in [-0.2, 0) is 0 Å².